The number of amides is 1. The molecule has 0 unspecified atom stereocenters. The van der Waals surface area contributed by atoms with Crippen molar-refractivity contribution in [3.8, 4) is 0 Å². The van der Waals surface area contributed by atoms with Crippen LogP contribution in [0, 0.1) is 5.41 Å². The minimum Gasteiger partial charge on any atom is -0.475 e. The molecule has 1 amide bonds. The predicted molar refractivity (Wildman–Crippen MR) is 87.1 cm³/mol. The number of piperidine rings is 1. The Kier molecular flexibility index (Phi) is 6.22. The van der Waals surface area contributed by atoms with E-state index < -0.39 is 12.1 Å². The zero-order valence-corrected chi connectivity index (χ0v) is 14.5. The van der Waals surface area contributed by atoms with Gasteiger partial charge in [-0.2, -0.15) is 13.2 Å². The molecule has 9 heteroatoms. The molecule has 0 atom stereocenters. The van der Waals surface area contributed by atoms with Crippen LogP contribution in [0.3, 0.4) is 0 Å². The Hall–Kier alpha value is -2.16. The van der Waals surface area contributed by atoms with E-state index in [0.717, 1.165) is 51.1 Å². The molecular formula is C17H22F3N3O3. The Morgan fingerprint density at radius 3 is 2.23 bits per heavy atom. The highest BCUT2D eigenvalue weighted by atomic mass is 19.4. The molecule has 0 radical (unpaired) electrons. The van der Waals surface area contributed by atoms with Crippen LogP contribution in [0.4, 0.5) is 13.2 Å². The van der Waals surface area contributed by atoms with E-state index in [-0.39, 0.29) is 5.41 Å². The van der Waals surface area contributed by atoms with Crippen LogP contribution in [-0.4, -0.2) is 64.6 Å². The Labute approximate surface area is 149 Å². The van der Waals surface area contributed by atoms with Crippen molar-refractivity contribution in [2.45, 2.75) is 32.0 Å². The number of carboxylic acids is 1. The van der Waals surface area contributed by atoms with Crippen molar-refractivity contribution >= 4 is 11.9 Å². The third-order valence-corrected chi connectivity index (χ3v) is 4.89. The first-order valence-electron chi connectivity index (χ1n) is 8.32. The largest absolute Gasteiger partial charge is 0.490 e. The number of carbonyl (C=O) groups excluding carboxylic acids is 1. The molecule has 2 saturated heterocycles. The van der Waals surface area contributed by atoms with Crippen LogP contribution in [0.5, 0.6) is 0 Å². The van der Waals surface area contributed by atoms with Crippen molar-refractivity contribution in [2.75, 3.05) is 26.7 Å². The molecule has 2 aliphatic heterocycles. The third-order valence-electron chi connectivity index (χ3n) is 4.89. The molecule has 6 nitrogen and oxygen atoms in total. The highest BCUT2D eigenvalue weighted by Gasteiger charge is 2.46. The lowest BCUT2D eigenvalue weighted by atomic mass is 9.77. The van der Waals surface area contributed by atoms with Crippen LogP contribution >= 0.6 is 0 Å². The van der Waals surface area contributed by atoms with Gasteiger partial charge in [-0.15, -0.1) is 0 Å². The van der Waals surface area contributed by atoms with Gasteiger partial charge in [0.05, 0.1) is 11.1 Å². The van der Waals surface area contributed by atoms with E-state index >= 15 is 0 Å². The zero-order chi connectivity index (χ0) is 19.4. The number of rotatable bonds is 2. The maximum Gasteiger partial charge on any atom is 0.490 e. The number of likely N-dealkylation sites (tertiary alicyclic amines) is 2. The van der Waals surface area contributed by atoms with E-state index in [2.05, 4.69) is 16.0 Å². The van der Waals surface area contributed by atoms with Gasteiger partial charge in [0.15, 0.2) is 0 Å². The molecule has 3 heterocycles. The number of carbonyl (C=O) groups is 2. The highest BCUT2D eigenvalue weighted by molar-refractivity contribution is 5.84. The molecule has 2 aliphatic rings. The summed E-state index contributed by atoms with van der Waals surface area (Å²) in [6.07, 6.45) is -0.192. The Morgan fingerprint density at radius 1 is 1.23 bits per heavy atom. The van der Waals surface area contributed by atoms with Crippen molar-refractivity contribution in [3.05, 3.63) is 30.1 Å². The number of nitrogens with zero attached hydrogens (tertiary/aromatic N) is 3. The summed E-state index contributed by atoms with van der Waals surface area (Å²) in [5, 5.41) is 7.12. The summed E-state index contributed by atoms with van der Waals surface area (Å²) in [6, 6.07) is 6.05. The van der Waals surface area contributed by atoms with Gasteiger partial charge >= 0.3 is 12.1 Å². The monoisotopic (exact) mass is 373 g/mol. The number of alkyl halides is 3. The molecule has 0 aromatic carbocycles. The van der Waals surface area contributed by atoms with Gasteiger partial charge in [0.1, 0.15) is 0 Å². The van der Waals surface area contributed by atoms with Crippen molar-refractivity contribution in [1.29, 1.82) is 0 Å². The number of halogens is 3. The molecule has 1 aromatic rings. The smallest absolute Gasteiger partial charge is 0.475 e. The third kappa shape index (κ3) is 4.94. The summed E-state index contributed by atoms with van der Waals surface area (Å²) in [5.74, 6) is -2.39. The number of aromatic nitrogens is 1. The SMILES string of the molecule is CN1CCC2(CCN(Cc3ccccn3)CC2)C1=O.O=C(O)C(F)(F)F. The summed E-state index contributed by atoms with van der Waals surface area (Å²) >= 11 is 0. The van der Waals surface area contributed by atoms with Crippen molar-refractivity contribution in [1.82, 2.24) is 14.8 Å². The van der Waals surface area contributed by atoms with Gasteiger partial charge < -0.3 is 10.0 Å². The predicted octanol–water partition coefficient (Wildman–Crippen LogP) is 2.16. The quantitative estimate of drug-likeness (QED) is 0.860. The van der Waals surface area contributed by atoms with Gasteiger partial charge in [-0.25, -0.2) is 4.79 Å². The maximum absolute atomic E-state index is 12.2. The summed E-state index contributed by atoms with van der Waals surface area (Å²) in [5.41, 5.74) is 1.07. The Bertz CT molecular complexity index is 629. The van der Waals surface area contributed by atoms with Gasteiger partial charge in [-0.3, -0.25) is 14.7 Å². The number of hydrogen-bond donors (Lipinski definition) is 1. The summed E-state index contributed by atoms with van der Waals surface area (Å²) in [4.78, 5) is 29.8. The molecule has 3 rings (SSSR count). The molecular weight excluding hydrogens is 351 g/mol. The average molecular weight is 373 g/mol. The molecule has 1 spiro atoms. The summed E-state index contributed by atoms with van der Waals surface area (Å²) < 4.78 is 31.7. The number of hydrogen-bond acceptors (Lipinski definition) is 4. The molecule has 26 heavy (non-hydrogen) atoms. The van der Waals surface area contributed by atoms with Crippen molar-refractivity contribution in [3.63, 3.8) is 0 Å². The first-order chi connectivity index (χ1) is 12.1. The first-order valence-corrected chi connectivity index (χ1v) is 8.32. The highest BCUT2D eigenvalue weighted by Crippen LogP contribution is 2.41. The normalized spacial score (nSPS) is 20.0. The second kappa shape index (κ2) is 8.03. The molecule has 0 saturated carbocycles. The van der Waals surface area contributed by atoms with Crippen molar-refractivity contribution < 1.29 is 27.9 Å². The van der Waals surface area contributed by atoms with E-state index in [1.165, 1.54) is 0 Å². The van der Waals surface area contributed by atoms with Gasteiger partial charge in [0, 0.05) is 26.3 Å². The van der Waals surface area contributed by atoms with Gasteiger partial charge in [0.25, 0.3) is 0 Å². The lowest BCUT2D eigenvalue weighted by Crippen LogP contribution is -2.43. The topological polar surface area (TPSA) is 73.7 Å². The Morgan fingerprint density at radius 2 is 1.81 bits per heavy atom. The zero-order valence-electron chi connectivity index (χ0n) is 14.5. The molecule has 0 bridgehead atoms. The van der Waals surface area contributed by atoms with Gasteiger partial charge in [-0.1, -0.05) is 6.07 Å². The first kappa shape index (κ1) is 20.2. The Balaban J connectivity index is 0.000000298. The lowest BCUT2D eigenvalue weighted by molar-refractivity contribution is -0.192. The standard InChI is InChI=1S/C15H21N3O.C2HF3O2/c1-17-9-5-15(14(17)19)6-10-18(11-7-15)12-13-4-2-3-8-16-13;3-2(4,5)1(6)7/h2-4,8H,5-7,9-12H2,1H3;(H,6,7). The van der Waals surface area contributed by atoms with Gasteiger partial charge in [0.2, 0.25) is 5.91 Å². The van der Waals surface area contributed by atoms with E-state index in [1.807, 2.05) is 30.3 Å². The molecule has 2 fully saturated rings. The molecule has 0 aliphatic carbocycles. The molecule has 1 N–H and O–H groups in total. The van der Waals surface area contributed by atoms with E-state index in [4.69, 9.17) is 9.90 Å². The molecule has 144 valence electrons. The maximum atomic E-state index is 12.2. The summed E-state index contributed by atoms with van der Waals surface area (Å²) in [7, 11) is 1.93. The average Bonchev–Trinajstić information content (AvgIpc) is 2.87. The van der Waals surface area contributed by atoms with Crippen LogP contribution < -0.4 is 0 Å². The minimum atomic E-state index is -5.08. The minimum absolute atomic E-state index is 0.0463. The van der Waals surface area contributed by atoms with E-state index in [9.17, 15) is 18.0 Å². The fraction of sp³-hybridized carbons (Fsp3) is 0.588. The summed E-state index contributed by atoms with van der Waals surface area (Å²) in [6.45, 7) is 3.85. The lowest BCUT2D eigenvalue weighted by Gasteiger charge is -2.37. The van der Waals surface area contributed by atoms with Crippen LogP contribution in [-0.2, 0) is 16.1 Å². The molecule has 1 aromatic heterocycles. The van der Waals surface area contributed by atoms with Crippen molar-refractivity contribution in [2.24, 2.45) is 5.41 Å². The second-order valence-corrected chi connectivity index (χ2v) is 6.66. The van der Waals surface area contributed by atoms with Gasteiger partial charge in [-0.05, 0) is 44.5 Å². The van der Waals surface area contributed by atoms with E-state index in [1.54, 1.807) is 0 Å². The van der Waals surface area contributed by atoms with Crippen LogP contribution in [0.15, 0.2) is 24.4 Å². The van der Waals surface area contributed by atoms with Crippen LogP contribution in [0.2, 0.25) is 0 Å². The van der Waals surface area contributed by atoms with Crippen LogP contribution in [0.25, 0.3) is 0 Å². The number of aliphatic carboxylic acids is 1. The fourth-order valence-electron chi connectivity index (χ4n) is 3.32. The van der Waals surface area contributed by atoms with Crippen LogP contribution in [0.1, 0.15) is 25.0 Å². The number of carboxylic acid groups (broad SMARTS) is 1. The second-order valence-electron chi connectivity index (χ2n) is 6.66. The fourth-order valence-corrected chi connectivity index (χ4v) is 3.32. The number of pyridine rings is 1. The van der Waals surface area contributed by atoms with E-state index in [0.29, 0.717) is 5.91 Å².